The van der Waals surface area contributed by atoms with E-state index in [9.17, 15) is 0 Å². The molecule has 2 aromatic heterocycles. The number of rotatable bonds is 5. The molecule has 0 saturated carbocycles. The number of nitrogens with zero attached hydrogens (tertiary/aromatic N) is 5. The number of benzene rings is 2. The number of methoxy groups -OCH3 is 1. The highest BCUT2D eigenvalue weighted by molar-refractivity contribution is 5.78. The monoisotopic (exact) mass is 431 g/mol. The van der Waals surface area contributed by atoms with Crippen LogP contribution < -0.4 is 9.64 Å². The number of anilines is 1. The smallest absolute Gasteiger partial charge is 0.254 e. The summed E-state index contributed by atoms with van der Waals surface area (Å²) >= 11 is 0. The molecule has 1 aliphatic heterocycles. The van der Waals surface area contributed by atoms with Gasteiger partial charge in [0, 0.05) is 43.5 Å². The highest BCUT2D eigenvalue weighted by Crippen LogP contribution is 2.37. The molecule has 32 heavy (non-hydrogen) atoms. The van der Waals surface area contributed by atoms with Gasteiger partial charge >= 0.3 is 0 Å². The zero-order valence-electron chi connectivity index (χ0n) is 18.4. The van der Waals surface area contributed by atoms with E-state index in [-0.39, 0.29) is 0 Å². The van der Waals surface area contributed by atoms with E-state index in [2.05, 4.69) is 38.3 Å². The van der Waals surface area contributed by atoms with Crippen molar-refractivity contribution in [1.82, 2.24) is 20.3 Å². The minimum Gasteiger partial charge on any atom is -0.496 e. The maximum atomic E-state index is 6.08. The Morgan fingerprint density at radius 3 is 2.44 bits per heavy atom. The topological polar surface area (TPSA) is 80.7 Å². The molecule has 3 heterocycles. The molecule has 0 aliphatic carbocycles. The lowest BCUT2D eigenvalue weighted by Gasteiger charge is -2.34. The standard InChI is InChI=1S/C24H25N5O3/c1-16-21(22(27-32-16)17-7-5-4-6-8-17)24-26-25-23(31-24)19-10-9-18(15-20(19)30-3)29-13-11-28(2)12-14-29/h4-10,15H,11-14H2,1-3H3. The van der Waals surface area contributed by atoms with Crippen LogP contribution in [0.25, 0.3) is 34.2 Å². The molecular weight excluding hydrogens is 406 g/mol. The Balaban J connectivity index is 1.48. The van der Waals surface area contributed by atoms with Crippen LogP contribution in [0.4, 0.5) is 5.69 Å². The number of aryl methyl sites for hydroxylation is 1. The second-order valence-corrected chi connectivity index (χ2v) is 7.92. The van der Waals surface area contributed by atoms with E-state index in [0.717, 1.165) is 43.0 Å². The van der Waals surface area contributed by atoms with Gasteiger partial charge in [0.2, 0.25) is 0 Å². The van der Waals surface area contributed by atoms with Crippen LogP contribution in [0.2, 0.25) is 0 Å². The van der Waals surface area contributed by atoms with Gasteiger partial charge in [-0.25, -0.2) is 0 Å². The van der Waals surface area contributed by atoms with Gasteiger partial charge in [0.25, 0.3) is 11.8 Å². The van der Waals surface area contributed by atoms with Crippen LogP contribution in [0, 0.1) is 6.92 Å². The Morgan fingerprint density at radius 2 is 1.69 bits per heavy atom. The van der Waals surface area contributed by atoms with E-state index in [1.165, 1.54) is 0 Å². The molecule has 0 unspecified atom stereocenters. The predicted molar refractivity (Wildman–Crippen MR) is 122 cm³/mol. The largest absolute Gasteiger partial charge is 0.496 e. The Labute approximate surface area is 186 Å². The van der Waals surface area contributed by atoms with E-state index >= 15 is 0 Å². The van der Waals surface area contributed by atoms with Crippen LogP contribution in [-0.4, -0.2) is 60.6 Å². The summed E-state index contributed by atoms with van der Waals surface area (Å²) in [6.07, 6.45) is 0. The first-order valence-corrected chi connectivity index (χ1v) is 10.6. The van der Waals surface area contributed by atoms with Crippen LogP contribution in [-0.2, 0) is 0 Å². The summed E-state index contributed by atoms with van der Waals surface area (Å²) in [6, 6.07) is 15.9. The third kappa shape index (κ3) is 3.73. The van der Waals surface area contributed by atoms with Crippen molar-refractivity contribution in [3.05, 3.63) is 54.3 Å². The van der Waals surface area contributed by atoms with Crippen molar-refractivity contribution in [3.8, 4) is 39.9 Å². The fourth-order valence-corrected chi connectivity index (χ4v) is 3.97. The molecule has 8 heteroatoms. The van der Waals surface area contributed by atoms with Crippen molar-refractivity contribution in [1.29, 1.82) is 0 Å². The summed E-state index contributed by atoms with van der Waals surface area (Å²) in [5.74, 6) is 2.07. The molecule has 5 rings (SSSR count). The van der Waals surface area contributed by atoms with Crippen molar-refractivity contribution in [2.45, 2.75) is 6.92 Å². The first-order valence-electron chi connectivity index (χ1n) is 10.6. The van der Waals surface area contributed by atoms with Gasteiger partial charge in [-0.1, -0.05) is 35.5 Å². The molecule has 1 saturated heterocycles. The molecule has 0 radical (unpaired) electrons. The van der Waals surface area contributed by atoms with Crippen molar-refractivity contribution >= 4 is 5.69 Å². The zero-order valence-corrected chi connectivity index (χ0v) is 18.4. The Hall–Kier alpha value is -3.65. The highest BCUT2D eigenvalue weighted by atomic mass is 16.5. The molecule has 0 amide bonds. The van der Waals surface area contributed by atoms with E-state index in [1.807, 2.05) is 49.4 Å². The minimum atomic E-state index is 0.364. The molecule has 2 aromatic carbocycles. The van der Waals surface area contributed by atoms with Crippen molar-refractivity contribution in [2.75, 3.05) is 45.2 Å². The Kier molecular flexibility index (Phi) is 5.36. The Bertz CT molecular complexity index is 1210. The highest BCUT2D eigenvalue weighted by Gasteiger charge is 2.24. The first kappa shape index (κ1) is 20.3. The molecule has 164 valence electrons. The maximum Gasteiger partial charge on any atom is 0.254 e. The summed E-state index contributed by atoms with van der Waals surface area (Å²) < 4.78 is 17.2. The molecular formula is C24H25N5O3. The zero-order chi connectivity index (χ0) is 22.1. The van der Waals surface area contributed by atoms with Crippen molar-refractivity contribution in [3.63, 3.8) is 0 Å². The summed E-state index contributed by atoms with van der Waals surface area (Å²) in [7, 11) is 3.80. The normalized spacial score (nSPS) is 14.7. The van der Waals surface area contributed by atoms with Crippen LogP contribution >= 0.6 is 0 Å². The number of piperazine rings is 1. The maximum absolute atomic E-state index is 6.08. The van der Waals surface area contributed by atoms with Gasteiger partial charge in [-0.3, -0.25) is 0 Å². The number of hydrogen-bond donors (Lipinski definition) is 0. The fraction of sp³-hybridized carbons (Fsp3) is 0.292. The third-order valence-electron chi connectivity index (χ3n) is 5.83. The van der Waals surface area contributed by atoms with Crippen molar-refractivity contribution < 1.29 is 13.7 Å². The SMILES string of the molecule is COc1cc(N2CCN(C)CC2)ccc1-c1nnc(-c2c(-c3ccccc3)noc2C)o1. The summed E-state index contributed by atoms with van der Waals surface area (Å²) in [6.45, 7) is 5.89. The lowest BCUT2D eigenvalue weighted by molar-refractivity contribution is 0.312. The summed E-state index contributed by atoms with van der Waals surface area (Å²) in [4.78, 5) is 4.69. The second-order valence-electron chi connectivity index (χ2n) is 7.92. The van der Waals surface area contributed by atoms with Crippen LogP contribution in [0.15, 0.2) is 57.5 Å². The third-order valence-corrected chi connectivity index (χ3v) is 5.83. The van der Waals surface area contributed by atoms with Gasteiger partial charge in [0.15, 0.2) is 0 Å². The van der Waals surface area contributed by atoms with Gasteiger partial charge in [-0.15, -0.1) is 10.2 Å². The lowest BCUT2D eigenvalue weighted by atomic mass is 10.1. The van der Waals surface area contributed by atoms with E-state index in [0.29, 0.717) is 34.5 Å². The molecule has 1 aliphatic rings. The fourth-order valence-electron chi connectivity index (χ4n) is 3.97. The van der Waals surface area contributed by atoms with E-state index < -0.39 is 0 Å². The van der Waals surface area contributed by atoms with Gasteiger partial charge in [0.1, 0.15) is 22.8 Å². The minimum absolute atomic E-state index is 0.364. The average molecular weight is 431 g/mol. The molecule has 0 spiro atoms. The van der Waals surface area contributed by atoms with Gasteiger partial charge in [0.05, 0.1) is 12.7 Å². The number of hydrogen-bond acceptors (Lipinski definition) is 8. The molecule has 8 nitrogen and oxygen atoms in total. The second kappa shape index (κ2) is 8.47. The predicted octanol–water partition coefficient (Wildman–Crippen LogP) is 4.13. The van der Waals surface area contributed by atoms with Gasteiger partial charge in [-0.05, 0) is 26.1 Å². The van der Waals surface area contributed by atoms with Crippen LogP contribution in [0.3, 0.4) is 0 Å². The molecule has 0 atom stereocenters. The number of likely N-dealkylation sites (N-methyl/N-ethyl adjacent to an activating group) is 1. The molecule has 0 N–H and O–H groups in total. The molecule has 4 aromatic rings. The quantitative estimate of drug-likeness (QED) is 0.467. The first-order chi connectivity index (χ1) is 15.6. The molecule has 0 bridgehead atoms. The summed E-state index contributed by atoms with van der Waals surface area (Å²) in [5.41, 5.74) is 4.17. The average Bonchev–Trinajstić information content (AvgIpc) is 3.46. The number of aromatic nitrogens is 3. The van der Waals surface area contributed by atoms with Crippen molar-refractivity contribution in [2.24, 2.45) is 0 Å². The van der Waals surface area contributed by atoms with E-state index in [4.69, 9.17) is 13.7 Å². The Morgan fingerprint density at radius 1 is 0.938 bits per heavy atom. The van der Waals surface area contributed by atoms with E-state index in [1.54, 1.807) is 7.11 Å². The van der Waals surface area contributed by atoms with Crippen LogP contribution in [0.1, 0.15) is 5.76 Å². The van der Waals surface area contributed by atoms with Crippen LogP contribution in [0.5, 0.6) is 5.75 Å². The lowest BCUT2D eigenvalue weighted by Crippen LogP contribution is -2.44. The number of ether oxygens (including phenoxy) is 1. The summed E-state index contributed by atoms with van der Waals surface area (Å²) in [5, 5.41) is 12.8. The van der Waals surface area contributed by atoms with Gasteiger partial charge in [-0.2, -0.15) is 0 Å². The molecule has 1 fully saturated rings. The van der Waals surface area contributed by atoms with Gasteiger partial charge < -0.3 is 23.5 Å².